The van der Waals surface area contributed by atoms with Gasteiger partial charge < -0.3 is 0 Å². The molecule has 13 heavy (non-hydrogen) atoms. The van der Waals surface area contributed by atoms with Crippen LogP contribution in [0.25, 0.3) is 0 Å². The summed E-state index contributed by atoms with van der Waals surface area (Å²) < 4.78 is 2.81. The van der Waals surface area contributed by atoms with Gasteiger partial charge in [-0.3, -0.25) is 4.34 Å². The topological polar surface area (TPSA) is 3.24 Å². The Labute approximate surface area is 94.4 Å². The highest BCUT2D eigenvalue weighted by Gasteiger charge is 2.32. The summed E-state index contributed by atoms with van der Waals surface area (Å²) in [7, 11) is -0.413. The molecule has 0 rings (SSSR count). The van der Waals surface area contributed by atoms with Gasteiger partial charge in [0.1, 0.15) is 12.4 Å². The SMILES string of the molecule is CC(C)(C)N(P=C(Cl)Cl)[Si](C)(C)C. The van der Waals surface area contributed by atoms with Crippen LogP contribution in [0.2, 0.25) is 19.6 Å². The van der Waals surface area contributed by atoms with E-state index in [1.807, 2.05) is 0 Å². The molecule has 0 aromatic heterocycles. The third-order valence-corrected chi connectivity index (χ3v) is 6.89. The van der Waals surface area contributed by atoms with E-state index in [0.29, 0.717) is 4.21 Å². The van der Waals surface area contributed by atoms with Crippen molar-refractivity contribution in [2.45, 2.75) is 46.0 Å². The minimum absolute atomic E-state index is 0.126. The monoisotopic (exact) mass is 257 g/mol. The first-order valence-corrected chi connectivity index (χ1v) is 9.30. The fourth-order valence-corrected chi connectivity index (χ4v) is 6.18. The molecular formula is C8H18Cl2NPSi. The van der Waals surface area contributed by atoms with Gasteiger partial charge >= 0.3 is 0 Å². The van der Waals surface area contributed by atoms with E-state index in [4.69, 9.17) is 23.2 Å². The summed E-state index contributed by atoms with van der Waals surface area (Å²) in [6.07, 6.45) is 0. The van der Waals surface area contributed by atoms with Crippen molar-refractivity contribution in [1.82, 2.24) is 4.34 Å². The van der Waals surface area contributed by atoms with Crippen LogP contribution in [0, 0.1) is 0 Å². The molecule has 0 aliphatic carbocycles. The molecule has 0 fully saturated rings. The average Bonchev–Trinajstić information content (AvgIpc) is 1.77. The van der Waals surface area contributed by atoms with Gasteiger partial charge in [0, 0.05) is 13.9 Å². The first-order chi connectivity index (χ1) is 5.55. The van der Waals surface area contributed by atoms with Crippen LogP contribution in [0.15, 0.2) is 0 Å². The summed E-state index contributed by atoms with van der Waals surface area (Å²) in [5.74, 6) is 0. The van der Waals surface area contributed by atoms with E-state index < -0.39 is 8.24 Å². The first-order valence-electron chi connectivity index (χ1n) is 4.25. The quantitative estimate of drug-likeness (QED) is 0.525. The molecule has 0 aromatic carbocycles. The third kappa shape index (κ3) is 5.39. The van der Waals surface area contributed by atoms with Crippen LogP contribution in [-0.4, -0.2) is 22.3 Å². The Morgan fingerprint density at radius 1 is 1.15 bits per heavy atom. The summed E-state index contributed by atoms with van der Waals surface area (Å²) in [6.45, 7) is 13.4. The normalized spacial score (nSPS) is 13.9. The van der Waals surface area contributed by atoms with E-state index in [-0.39, 0.29) is 5.54 Å². The highest BCUT2D eigenvalue weighted by Crippen LogP contribution is 2.31. The van der Waals surface area contributed by atoms with Crippen molar-refractivity contribution in [3.05, 3.63) is 0 Å². The molecule has 0 saturated carbocycles. The molecule has 0 N–H and O–H groups in total. The lowest BCUT2D eigenvalue weighted by molar-refractivity contribution is 0.379. The Kier molecular flexibility index (Phi) is 4.96. The lowest BCUT2D eigenvalue weighted by atomic mass is 10.1. The number of hydrogen-bond acceptors (Lipinski definition) is 1. The molecule has 0 aliphatic heterocycles. The van der Waals surface area contributed by atoms with Crippen molar-refractivity contribution < 1.29 is 0 Å². The highest BCUT2D eigenvalue weighted by molar-refractivity contribution is 7.52. The van der Waals surface area contributed by atoms with Gasteiger partial charge in [-0.25, -0.2) is 0 Å². The molecule has 0 unspecified atom stereocenters. The maximum atomic E-state index is 5.73. The van der Waals surface area contributed by atoms with Gasteiger partial charge in [-0.15, -0.1) is 0 Å². The zero-order valence-corrected chi connectivity index (χ0v) is 12.6. The Bertz CT molecular complexity index is 187. The summed E-state index contributed by atoms with van der Waals surface area (Å²) in [6, 6.07) is 0. The van der Waals surface area contributed by atoms with Gasteiger partial charge in [0.25, 0.3) is 0 Å². The molecule has 0 bridgehead atoms. The number of hydrogen-bond donors (Lipinski definition) is 0. The second-order valence-electron chi connectivity index (χ2n) is 4.99. The van der Waals surface area contributed by atoms with Crippen LogP contribution in [0.5, 0.6) is 0 Å². The van der Waals surface area contributed by atoms with Crippen LogP contribution in [0.1, 0.15) is 20.8 Å². The van der Waals surface area contributed by atoms with Crippen LogP contribution in [0.3, 0.4) is 0 Å². The zero-order valence-electron chi connectivity index (χ0n) is 9.15. The average molecular weight is 258 g/mol. The summed E-state index contributed by atoms with van der Waals surface area (Å²) >= 11 is 11.5. The molecule has 0 spiro atoms. The van der Waals surface area contributed by atoms with E-state index in [1.54, 1.807) is 0 Å². The fraction of sp³-hybridized carbons (Fsp3) is 0.875. The molecule has 0 atom stereocenters. The standard InChI is InChI=1S/C8H18Cl2NPSi/c1-8(2,3)11(12-7(9)10)13(4,5)6/h1-6H3. The fourth-order valence-electron chi connectivity index (χ4n) is 1.38. The van der Waals surface area contributed by atoms with Gasteiger partial charge in [0.05, 0.1) is 0 Å². The number of rotatable bonds is 2. The van der Waals surface area contributed by atoms with Crippen molar-refractivity contribution in [2.75, 3.05) is 0 Å². The second-order valence-corrected chi connectivity index (χ2v) is 12.7. The van der Waals surface area contributed by atoms with E-state index in [9.17, 15) is 0 Å². The predicted octanol–water partition coefficient (Wildman–Crippen LogP) is 4.35. The van der Waals surface area contributed by atoms with Gasteiger partial charge in [0.15, 0.2) is 0 Å². The summed E-state index contributed by atoms with van der Waals surface area (Å²) in [4.78, 5) is 0. The molecule has 0 amide bonds. The summed E-state index contributed by atoms with van der Waals surface area (Å²) in [5, 5.41) is 0. The van der Waals surface area contributed by atoms with Crippen LogP contribution < -0.4 is 0 Å². The minimum Gasteiger partial charge on any atom is -0.272 e. The Morgan fingerprint density at radius 3 is 1.62 bits per heavy atom. The van der Waals surface area contributed by atoms with Gasteiger partial charge in [0.2, 0.25) is 0 Å². The van der Waals surface area contributed by atoms with Crippen molar-refractivity contribution in [2.24, 2.45) is 0 Å². The molecule has 0 heterocycles. The van der Waals surface area contributed by atoms with E-state index in [1.165, 1.54) is 0 Å². The lowest BCUT2D eigenvalue weighted by Gasteiger charge is -2.41. The van der Waals surface area contributed by atoms with Gasteiger partial charge in [-0.2, -0.15) is 0 Å². The van der Waals surface area contributed by atoms with Crippen molar-refractivity contribution in [3.63, 3.8) is 0 Å². The molecule has 0 saturated heterocycles. The first kappa shape index (κ1) is 13.9. The molecule has 1 nitrogen and oxygen atoms in total. The van der Waals surface area contributed by atoms with Crippen LogP contribution in [-0.2, 0) is 0 Å². The number of nitrogens with zero attached hydrogens (tertiary/aromatic N) is 1. The van der Waals surface area contributed by atoms with E-state index >= 15 is 0 Å². The molecule has 78 valence electrons. The Balaban J connectivity index is 4.90. The molecule has 0 radical (unpaired) electrons. The van der Waals surface area contributed by atoms with Gasteiger partial charge in [-0.1, -0.05) is 42.8 Å². The van der Waals surface area contributed by atoms with Crippen molar-refractivity contribution in [1.29, 1.82) is 0 Å². The predicted molar refractivity (Wildman–Crippen MR) is 68.6 cm³/mol. The number of halogens is 2. The van der Waals surface area contributed by atoms with Crippen LogP contribution in [0.4, 0.5) is 0 Å². The second kappa shape index (κ2) is 4.63. The third-order valence-electron chi connectivity index (χ3n) is 1.45. The summed E-state index contributed by atoms with van der Waals surface area (Å²) in [5.41, 5.74) is 0.126. The minimum atomic E-state index is -1.35. The largest absolute Gasteiger partial charge is 0.272 e. The molecule has 5 heteroatoms. The van der Waals surface area contributed by atoms with Gasteiger partial charge in [-0.05, 0) is 20.8 Å². The highest BCUT2D eigenvalue weighted by atomic mass is 35.5. The van der Waals surface area contributed by atoms with Crippen LogP contribution >= 0.6 is 31.6 Å². The van der Waals surface area contributed by atoms with Crippen molar-refractivity contribution >= 4 is 44.0 Å². The molecular weight excluding hydrogens is 240 g/mol. The zero-order chi connectivity index (χ0) is 10.9. The smallest absolute Gasteiger partial charge is 0.144 e. The Hall–Kier alpha value is 0.927. The maximum Gasteiger partial charge on any atom is 0.144 e. The van der Waals surface area contributed by atoms with E-state index in [2.05, 4.69) is 44.7 Å². The van der Waals surface area contributed by atoms with Crippen molar-refractivity contribution in [3.8, 4) is 0 Å². The lowest BCUT2D eigenvalue weighted by Crippen LogP contribution is -2.50. The van der Waals surface area contributed by atoms with E-state index in [0.717, 1.165) is 8.35 Å². The molecule has 0 aliphatic rings. The maximum absolute atomic E-state index is 5.73. The molecule has 0 aromatic rings. The Morgan fingerprint density at radius 2 is 1.54 bits per heavy atom.